The molecule has 1 saturated heterocycles. The number of hydrogen-bond donors (Lipinski definition) is 3. The molecule has 0 aliphatic carbocycles. The molecule has 1 aliphatic rings. The Bertz CT molecular complexity index is 587. The Morgan fingerprint density at radius 1 is 1.26 bits per heavy atom. The zero-order chi connectivity index (χ0) is 18.9. The largest absolute Gasteiger partial charge is 0.354 e. The van der Waals surface area contributed by atoms with Crippen LogP contribution < -0.4 is 16.0 Å². The molecule has 5 nitrogen and oxygen atoms in total. The van der Waals surface area contributed by atoms with Crippen molar-refractivity contribution in [3.05, 3.63) is 34.9 Å². The standard InChI is InChI=1S/C20H30ClN3O2.ClH/c1-14(2)12-18(24-19(25)16-5-7-17(21)8-6-16)20(26)23-11-9-15-4-3-10-22-13-15;/h5-8,14-15,18,22H,3-4,9-13H2,1-2H3,(H,23,26)(H,24,25);1H. The van der Waals surface area contributed by atoms with E-state index in [2.05, 4.69) is 16.0 Å². The van der Waals surface area contributed by atoms with Crippen LogP contribution in [-0.4, -0.2) is 37.5 Å². The predicted molar refractivity (Wildman–Crippen MR) is 113 cm³/mol. The molecule has 0 spiro atoms. The second-order valence-corrected chi connectivity index (χ2v) is 7.89. The second kappa shape index (κ2) is 12.2. The number of rotatable bonds is 8. The number of benzene rings is 1. The van der Waals surface area contributed by atoms with Crippen LogP contribution >= 0.6 is 24.0 Å². The minimum atomic E-state index is -0.525. The van der Waals surface area contributed by atoms with E-state index in [4.69, 9.17) is 11.6 Å². The monoisotopic (exact) mass is 415 g/mol. The fourth-order valence-corrected chi connectivity index (χ4v) is 3.36. The molecule has 1 aromatic rings. The summed E-state index contributed by atoms with van der Waals surface area (Å²) in [4.78, 5) is 25.0. The number of piperidine rings is 1. The SMILES string of the molecule is CC(C)CC(NC(=O)c1ccc(Cl)cc1)C(=O)NCCC1CCCNC1.Cl. The Morgan fingerprint density at radius 3 is 2.56 bits per heavy atom. The molecule has 2 amide bonds. The van der Waals surface area contributed by atoms with E-state index in [-0.39, 0.29) is 24.2 Å². The summed E-state index contributed by atoms with van der Waals surface area (Å²) in [6.07, 6.45) is 3.99. The molecule has 2 rings (SSSR count). The van der Waals surface area contributed by atoms with Crippen LogP contribution in [0.25, 0.3) is 0 Å². The third kappa shape index (κ3) is 8.50. The minimum absolute atomic E-state index is 0. The van der Waals surface area contributed by atoms with Crippen LogP contribution in [0, 0.1) is 11.8 Å². The van der Waals surface area contributed by atoms with Crippen LogP contribution in [0.3, 0.4) is 0 Å². The van der Waals surface area contributed by atoms with Crippen LogP contribution in [0.4, 0.5) is 0 Å². The Hall–Kier alpha value is -1.30. The summed E-state index contributed by atoms with van der Waals surface area (Å²) in [5.41, 5.74) is 0.504. The first-order valence-electron chi connectivity index (χ1n) is 9.50. The zero-order valence-corrected chi connectivity index (χ0v) is 17.7. The molecule has 27 heavy (non-hydrogen) atoms. The topological polar surface area (TPSA) is 70.2 Å². The number of amides is 2. The Labute approximate surface area is 173 Å². The van der Waals surface area contributed by atoms with E-state index >= 15 is 0 Å². The summed E-state index contributed by atoms with van der Waals surface area (Å²) in [7, 11) is 0. The lowest BCUT2D eigenvalue weighted by Crippen LogP contribution is -2.48. The molecule has 7 heteroatoms. The van der Waals surface area contributed by atoms with Gasteiger partial charge in [0, 0.05) is 17.1 Å². The summed E-state index contributed by atoms with van der Waals surface area (Å²) < 4.78 is 0. The number of carbonyl (C=O) groups is 2. The minimum Gasteiger partial charge on any atom is -0.354 e. The van der Waals surface area contributed by atoms with Crippen molar-refractivity contribution < 1.29 is 9.59 Å². The molecule has 3 N–H and O–H groups in total. The van der Waals surface area contributed by atoms with Crippen molar-refractivity contribution in [2.75, 3.05) is 19.6 Å². The van der Waals surface area contributed by atoms with Crippen molar-refractivity contribution in [2.24, 2.45) is 11.8 Å². The second-order valence-electron chi connectivity index (χ2n) is 7.45. The lowest BCUT2D eigenvalue weighted by Gasteiger charge is -2.24. The van der Waals surface area contributed by atoms with Gasteiger partial charge in [-0.25, -0.2) is 0 Å². The van der Waals surface area contributed by atoms with Crippen molar-refractivity contribution in [3.8, 4) is 0 Å². The van der Waals surface area contributed by atoms with Gasteiger partial charge in [0.2, 0.25) is 5.91 Å². The van der Waals surface area contributed by atoms with Crippen molar-refractivity contribution in [1.82, 2.24) is 16.0 Å². The number of carbonyl (C=O) groups excluding carboxylic acids is 2. The zero-order valence-electron chi connectivity index (χ0n) is 16.1. The summed E-state index contributed by atoms with van der Waals surface area (Å²) in [5, 5.41) is 9.83. The predicted octanol–water partition coefficient (Wildman–Crippen LogP) is 3.41. The lowest BCUT2D eigenvalue weighted by atomic mass is 9.96. The average molecular weight is 416 g/mol. The fraction of sp³-hybridized carbons (Fsp3) is 0.600. The number of halogens is 2. The van der Waals surface area contributed by atoms with Crippen molar-refractivity contribution >= 4 is 35.8 Å². The van der Waals surface area contributed by atoms with Crippen molar-refractivity contribution in [3.63, 3.8) is 0 Å². The van der Waals surface area contributed by atoms with Gasteiger partial charge in [-0.15, -0.1) is 12.4 Å². The Balaban J connectivity index is 0.00000364. The molecule has 0 bridgehead atoms. The normalized spacial score (nSPS) is 17.7. The quantitative estimate of drug-likeness (QED) is 0.608. The first kappa shape index (κ1) is 23.7. The molecule has 2 atom stereocenters. The fourth-order valence-electron chi connectivity index (χ4n) is 3.24. The summed E-state index contributed by atoms with van der Waals surface area (Å²) in [6.45, 7) is 6.86. The third-order valence-corrected chi connectivity index (χ3v) is 4.94. The van der Waals surface area contributed by atoms with Gasteiger partial charge in [-0.3, -0.25) is 9.59 Å². The van der Waals surface area contributed by atoms with Gasteiger partial charge in [0.15, 0.2) is 0 Å². The van der Waals surface area contributed by atoms with Gasteiger partial charge in [0.05, 0.1) is 0 Å². The van der Waals surface area contributed by atoms with E-state index in [9.17, 15) is 9.59 Å². The molecule has 152 valence electrons. The van der Waals surface area contributed by atoms with Gasteiger partial charge in [-0.2, -0.15) is 0 Å². The molecule has 1 fully saturated rings. The van der Waals surface area contributed by atoms with Gasteiger partial charge in [0.1, 0.15) is 6.04 Å². The molecule has 2 unspecified atom stereocenters. The Morgan fingerprint density at radius 2 is 1.96 bits per heavy atom. The van der Waals surface area contributed by atoms with E-state index in [1.807, 2.05) is 13.8 Å². The van der Waals surface area contributed by atoms with Gasteiger partial charge in [0.25, 0.3) is 5.91 Å². The third-order valence-electron chi connectivity index (χ3n) is 4.69. The highest BCUT2D eigenvalue weighted by atomic mass is 35.5. The van der Waals surface area contributed by atoms with Gasteiger partial charge >= 0.3 is 0 Å². The molecule has 1 heterocycles. The maximum Gasteiger partial charge on any atom is 0.251 e. The smallest absolute Gasteiger partial charge is 0.251 e. The highest BCUT2D eigenvalue weighted by Crippen LogP contribution is 2.14. The van der Waals surface area contributed by atoms with Crippen LogP contribution in [0.15, 0.2) is 24.3 Å². The summed E-state index contributed by atoms with van der Waals surface area (Å²) in [6, 6.07) is 6.15. The average Bonchev–Trinajstić information content (AvgIpc) is 2.62. The molecule has 0 aromatic heterocycles. The van der Waals surface area contributed by atoms with Crippen molar-refractivity contribution in [1.29, 1.82) is 0 Å². The molecule has 0 radical (unpaired) electrons. The maximum atomic E-state index is 12.6. The lowest BCUT2D eigenvalue weighted by molar-refractivity contribution is -0.123. The molecular formula is C20H31Cl2N3O2. The van der Waals surface area contributed by atoms with E-state index in [0.29, 0.717) is 35.4 Å². The molecule has 1 aliphatic heterocycles. The first-order chi connectivity index (χ1) is 12.5. The van der Waals surface area contributed by atoms with E-state index in [1.165, 1.54) is 12.8 Å². The van der Waals surface area contributed by atoms with Crippen LogP contribution in [0.2, 0.25) is 5.02 Å². The first-order valence-corrected chi connectivity index (χ1v) is 9.88. The van der Waals surface area contributed by atoms with Gasteiger partial charge in [-0.05, 0) is 74.9 Å². The van der Waals surface area contributed by atoms with E-state index in [1.54, 1.807) is 24.3 Å². The van der Waals surface area contributed by atoms with Crippen LogP contribution in [0.5, 0.6) is 0 Å². The van der Waals surface area contributed by atoms with E-state index < -0.39 is 6.04 Å². The van der Waals surface area contributed by atoms with Gasteiger partial charge in [-0.1, -0.05) is 25.4 Å². The molecule has 1 aromatic carbocycles. The van der Waals surface area contributed by atoms with Crippen LogP contribution in [-0.2, 0) is 4.79 Å². The Kier molecular flexibility index (Phi) is 10.7. The molecular weight excluding hydrogens is 385 g/mol. The summed E-state index contributed by atoms with van der Waals surface area (Å²) >= 11 is 5.86. The highest BCUT2D eigenvalue weighted by molar-refractivity contribution is 6.30. The van der Waals surface area contributed by atoms with Crippen LogP contribution in [0.1, 0.15) is 49.9 Å². The summed E-state index contributed by atoms with van der Waals surface area (Å²) in [5.74, 6) is 0.568. The number of hydrogen-bond acceptors (Lipinski definition) is 3. The van der Waals surface area contributed by atoms with Crippen molar-refractivity contribution in [2.45, 2.75) is 45.6 Å². The maximum absolute atomic E-state index is 12.6. The molecule has 0 saturated carbocycles. The number of nitrogens with one attached hydrogen (secondary N) is 3. The van der Waals surface area contributed by atoms with E-state index in [0.717, 1.165) is 19.5 Å². The highest BCUT2D eigenvalue weighted by Gasteiger charge is 2.23. The van der Waals surface area contributed by atoms with Gasteiger partial charge < -0.3 is 16.0 Å².